The normalized spacial score (nSPS) is 29.3. The average molecular weight is 292 g/mol. The van der Waals surface area contributed by atoms with Crippen LogP contribution in [0.5, 0.6) is 0 Å². The number of carbonyl (C=O) groups excluding carboxylic acids is 1. The highest BCUT2D eigenvalue weighted by Gasteiger charge is 2.40. The molecule has 3 unspecified atom stereocenters. The molecule has 2 aliphatic heterocycles. The maximum absolute atomic E-state index is 13.1. The maximum atomic E-state index is 13.1. The van der Waals surface area contributed by atoms with E-state index in [0.717, 1.165) is 31.4 Å². The van der Waals surface area contributed by atoms with Gasteiger partial charge in [0.15, 0.2) is 0 Å². The van der Waals surface area contributed by atoms with Crippen molar-refractivity contribution in [3.8, 4) is 0 Å². The standard InChI is InChI=1S/C16H21FN2O2/c1-2-14-16(20)19(10-13-4-3-9-21-13)15(18-14)11-5-7-12(17)8-6-11/h5-8,13-15,18H,2-4,9-10H2,1H3. The Bertz CT molecular complexity index is 500. The van der Waals surface area contributed by atoms with Gasteiger partial charge in [0.25, 0.3) is 0 Å². The minimum Gasteiger partial charge on any atom is -0.376 e. The average Bonchev–Trinajstić information content (AvgIpc) is 3.10. The third kappa shape index (κ3) is 2.94. The second kappa shape index (κ2) is 6.12. The molecule has 114 valence electrons. The number of carbonyl (C=O) groups is 1. The topological polar surface area (TPSA) is 41.6 Å². The fraction of sp³-hybridized carbons (Fsp3) is 0.562. The highest BCUT2D eigenvalue weighted by atomic mass is 19.1. The Morgan fingerprint density at radius 3 is 2.76 bits per heavy atom. The van der Waals surface area contributed by atoms with Gasteiger partial charge in [0, 0.05) is 13.2 Å². The van der Waals surface area contributed by atoms with E-state index in [-0.39, 0.29) is 30.0 Å². The molecule has 0 aliphatic carbocycles. The van der Waals surface area contributed by atoms with Crippen LogP contribution in [0.3, 0.4) is 0 Å². The lowest BCUT2D eigenvalue weighted by atomic mass is 10.1. The molecule has 2 aliphatic rings. The van der Waals surface area contributed by atoms with E-state index in [2.05, 4.69) is 5.32 Å². The molecule has 0 aromatic heterocycles. The molecule has 1 N–H and O–H groups in total. The number of rotatable bonds is 4. The quantitative estimate of drug-likeness (QED) is 0.925. The van der Waals surface area contributed by atoms with Crippen molar-refractivity contribution in [2.45, 2.75) is 44.5 Å². The maximum Gasteiger partial charge on any atom is 0.241 e. The van der Waals surface area contributed by atoms with Gasteiger partial charge < -0.3 is 9.64 Å². The van der Waals surface area contributed by atoms with Gasteiger partial charge in [0.2, 0.25) is 5.91 Å². The summed E-state index contributed by atoms with van der Waals surface area (Å²) in [6, 6.07) is 6.18. The molecule has 3 rings (SSSR count). The van der Waals surface area contributed by atoms with Gasteiger partial charge in [-0.1, -0.05) is 19.1 Å². The van der Waals surface area contributed by atoms with Crippen LogP contribution in [0.1, 0.15) is 37.9 Å². The first kappa shape index (κ1) is 14.5. The van der Waals surface area contributed by atoms with Crippen LogP contribution in [-0.4, -0.2) is 36.1 Å². The molecule has 4 nitrogen and oxygen atoms in total. The van der Waals surface area contributed by atoms with Crippen molar-refractivity contribution in [1.82, 2.24) is 10.2 Å². The van der Waals surface area contributed by atoms with Gasteiger partial charge in [0.1, 0.15) is 12.0 Å². The minimum absolute atomic E-state index is 0.113. The van der Waals surface area contributed by atoms with Crippen LogP contribution in [0.2, 0.25) is 0 Å². The summed E-state index contributed by atoms with van der Waals surface area (Å²) >= 11 is 0. The first-order chi connectivity index (χ1) is 10.2. The van der Waals surface area contributed by atoms with E-state index in [1.807, 2.05) is 11.8 Å². The summed E-state index contributed by atoms with van der Waals surface area (Å²) in [5.74, 6) is -0.150. The van der Waals surface area contributed by atoms with E-state index in [9.17, 15) is 9.18 Å². The lowest BCUT2D eigenvalue weighted by Gasteiger charge is -2.27. The molecule has 1 aromatic carbocycles. The Morgan fingerprint density at radius 2 is 2.14 bits per heavy atom. The molecule has 1 aromatic rings. The molecular weight excluding hydrogens is 271 g/mol. The van der Waals surface area contributed by atoms with E-state index in [1.165, 1.54) is 12.1 Å². The molecule has 5 heteroatoms. The number of nitrogens with zero attached hydrogens (tertiary/aromatic N) is 1. The number of ether oxygens (including phenoxy) is 1. The molecule has 0 spiro atoms. The molecule has 0 saturated carbocycles. The van der Waals surface area contributed by atoms with Gasteiger partial charge in [-0.15, -0.1) is 0 Å². The van der Waals surface area contributed by atoms with Crippen molar-refractivity contribution in [2.24, 2.45) is 0 Å². The largest absolute Gasteiger partial charge is 0.376 e. The van der Waals surface area contributed by atoms with Crippen molar-refractivity contribution in [3.63, 3.8) is 0 Å². The number of benzene rings is 1. The molecule has 2 fully saturated rings. The molecular formula is C16H21FN2O2. The second-order valence-electron chi connectivity index (χ2n) is 5.71. The smallest absolute Gasteiger partial charge is 0.241 e. The van der Waals surface area contributed by atoms with Gasteiger partial charge >= 0.3 is 0 Å². The third-order valence-corrected chi connectivity index (χ3v) is 4.27. The number of amides is 1. The van der Waals surface area contributed by atoms with Gasteiger partial charge in [-0.25, -0.2) is 4.39 Å². The number of hydrogen-bond donors (Lipinski definition) is 1. The first-order valence-electron chi connectivity index (χ1n) is 7.62. The predicted molar refractivity (Wildman–Crippen MR) is 77.0 cm³/mol. The Balaban J connectivity index is 1.81. The molecule has 1 amide bonds. The summed E-state index contributed by atoms with van der Waals surface area (Å²) in [5.41, 5.74) is 0.915. The Labute approximate surface area is 124 Å². The van der Waals surface area contributed by atoms with Crippen molar-refractivity contribution >= 4 is 5.91 Å². The fourth-order valence-electron chi connectivity index (χ4n) is 3.10. The number of nitrogens with one attached hydrogen (secondary N) is 1. The zero-order chi connectivity index (χ0) is 14.8. The summed E-state index contributed by atoms with van der Waals surface area (Å²) in [6.45, 7) is 3.37. The third-order valence-electron chi connectivity index (χ3n) is 4.27. The summed E-state index contributed by atoms with van der Waals surface area (Å²) in [4.78, 5) is 14.4. The monoisotopic (exact) mass is 292 g/mol. The first-order valence-corrected chi connectivity index (χ1v) is 7.62. The number of halogens is 1. The van der Waals surface area contributed by atoms with Crippen LogP contribution >= 0.6 is 0 Å². The summed E-state index contributed by atoms with van der Waals surface area (Å²) in [5, 5.41) is 3.35. The molecule has 0 radical (unpaired) electrons. The highest BCUT2D eigenvalue weighted by molar-refractivity contribution is 5.84. The molecule has 2 heterocycles. The van der Waals surface area contributed by atoms with Crippen LogP contribution in [-0.2, 0) is 9.53 Å². The summed E-state index contributed by atoms with van der Waals surface area (Å²) < 4.78 is 18.8. The van der Waals surface area contributed by atoms with Crippen LogP contribution < -0.4 is 5.32 Å². The predicted octanol–water partition coefficient (Wildman–Crippen LogP) is 2.21. The lowest BCUT2D eigenvalue weighted by Crippen LogP contribution is -2.37. The Morgan fingerprint density at radius 1 is 1.38 bits per heavy atom. The van der Waals surface area contributed by atoms with Crippen molar-refractivity contribution in [3.05, 3.63) is 35.6 Å². The Kier molecular flexibility index (Phi) is 4.22. The molecule has 3 atom stereocenters. The van der Waals surface area contributed by atoms with Crippen molar-refractivity contribution in [2.75, 3.05) is 13.2 Å². The van der Waals surface area contributed by atoms with E-state index in [4.69, 9.17) is 4.74 Å². The summed E-state index contributed by atoms with van der Waals surface area (Å²) in [6.07, 6.45) is 2.73. The van der Waals surface area contributed by atoms with Gasteiger partial charge in [0.05, 0.1) is 12.1 Å². The fourth-order valence-corrected chi connectivity index (χ4v) is 3.10. The van der Waals surface area contributed by atoms with E-state index in [1.54, 1.807) is 12.1 Å². The molecule has 0 bridgehead atoms. The van der Waals surface area contributed by atoms with Crippen LogP contribution in [0.4, 0.5) is 4.39 Å². The number of hydrogen-bond acceptors (Lipinski definition) is 3. The van der Waals surface area contributed by atoms with E-state index < -0.39 is 0 Å². The zero-order valence-corrected chi connectivity index (χ0v) is 12.2. The van der Waals surface area contributed by atoms with Crippen molar-refractivity contribution in [1.29, 1.82) is 0 Å². The van der Waals surface area contributed by atoms with Crippen LogP contribution in [0.15, 0.2) is 24.3 Å². The van der Waals surface area contributed by atoms with E-state index in [0.29, 0.717) is 6.54 Å². The van der Waals surface area contributed by atoms with Crippen LogP contribution in [0, 0.1) is 5.82 Å². The van der Waals surface area contributed by atoms with Crippen molar-refractivity contribution < 1.29 is 13.9 Å². The zero-order valence-electron chi connectivity index (χ0n) is 12.2. The Hall–Kier alpha value is -1.46. The molecule has 2 saturated heterocycles. The highest BCUT2D eigenvalue weighted by Crippen LogP contribution is 2.28. The van der Waals surface area contributed by atoms with Gasteiger partial charge in [-0.3, -0.25) is 10.1 Å². The SMILES string of the molecule is CCC1NC(c2ccc(F)cc2)N(CC2CCCO2)C1=O. The van der Waals surface area contributed by atoms with Gasteiger partial charge in [-0.2, -0.15) is 0 Å². The van der Waals surface area contributed by atoms with Crippen LogP contribution in [0.25, 0.3) is 0 Å². The lowest BCUT2D eigenvalue weighted by molar-refractivity contribution is -0.131. The van der Waals surface area contributed by atoms with Gasteiger partial charge in [-0.05, 0) is 37.0 Å². The summed E-state index contributed by atoms with van der Waals surface area (Å²) in [7, 11) is 0. The minimum atomic E-state index is -0.263. The second-order valence-corrected chi connectivity index (χ2v) is 5.71. The molecule has 21 heavy (non-hydrogen) atoms. The van der Waals surface area contributed by atoms with E-state index >= 15 is 0 Å².